The minimum atomic E-state index is -3.66. The van der Waals surface area contributed by atoms with E-state index in [1.807, 2.05) is 60.7 Å². The molecule has 0 saturated heterocycles. The Kier molecular flexibility index (Phi) is 11.0. The van der Waals surface area contributed by atoms with Crippen molar-refractivity contribution < 1.29 is 26.7 Å². The molecule has 0 radical (unpaired) electrons. The van der Waals surface area contributed by atoms with Gasteiger partial charge in [0.1, 0.15) is 0 Å². The second-order valence-corrected chi connectivity index (χ2v) is 15.3. The van der Waals surface area contributed by atoms with Crippen molar-refractivity contribution in [2.75, 3.05) is 33.5 Å². The molecular formula is C40H43N3O6S. The molecule has 50 heavy (non-hydrogen) atoms. The predicted octanol–water partition coefficient (Wildman–Crippen LogP) is 7.09. The Balaban J connectivity index is 1.39. The maximum absolute atomic E-state index is 12.6. The molecule has 9 nitrogen and oxygen atoms in total. The zero-order valence-corrected chi connectivity index (χ0v) is 30.1. The molecule has 0 aliphatic rings. The lowest BCUT2D eigenvalue weighted by Gasteiger charge is -2.21. The molecule has 5 aromatic rings. The summed E-state index contributed by atoms with van der Waals surface area (Å²) in [5.74, 6) is -0.208. The molecule has 1 heterocycles. The van der Waals surface area contributed by atoms with Gasteiger partial charge < -0.3 is 14.7 Å². The van der Waals surface area contributed by atoms with Gasteiger partial charge in [-0.25, -0.2) is 0 Å². The maximum atomic E-state index is 12.6. The van der Waals surface area contributed by atoms with Gasteiger partial charge >= 0.3 is 0 Å². The van der Waals surface area contributed by atoms with Crippen molar-refractivity contribution in [3.63, 3.8) is 0 Å². The summed E-state index contributed by atoms with van der Waals surface area (Å²) in [6.45, 7) is 6.50. The lowest BCUT2D eigenvalue weighted by molar-refractivity contribution is 0.0827. The third-order valence-electron chi connectivity index (χ3n) is 8.63. The number of rotatable bonds is 12. The van der Waals surface area contributed by atoms with Crippen molar-refractivity contribution in [1.82, 2.24) is 15.4 Å². The number of carbonyl (C=O) groups is 2. The first-order valence-electron chi connectivity index (χ1n) is 16.4. The van der Waals surface area contributed by atoms with Gasteiger partial charge in [-0.3, -0.25) is 13.8 Å². The molecule has 1 aromatic heterocycles. The van der Waals surface area contributed by atoms with E-state index in [0.717, 1.165) is 40.6 Å². The van der Waals surface area contributed by atoms with Crippen molar-refractivity contribution in [2.45, 2.75) is 38.5 Å². The summed E-state index contributed by atoms with van der Waals surface area (Å²) < 4.78 is 33.5. The van der Waals surface area contributed by atoms with Crippen LogP contribution in [0.25, 0.3) is 22.5 Å². The Bertz CT molecular complexity index is 2040. The Morgan fingerprint density at radius 2 is 1.48 bits per heavy atom. The summed E-state index contributed by atoms with van der Waals surface area (Å²) in [4.78, 5) is 26.5. The zero-order chi connectivity index (χ0) is 36.1. The Morgan fingerprint density at radius 1 is 0.840 bits per heavy atom. The summed E-state index contributed by atoms with van der Waals surface area (Å²) in [7, 11) is 0.908. The number of benzene rings is 4. The molecule has 0 spiro atoms. The summed E-state index contributed by atoms with van der Waals surface area (Å²) in [5, 5.41) is 7.18. The lowest BCUT2D eigenvalue weighted by atomic mass is 9.83. The van der Waals surface area contributed by atoms with Crippen LogP contribution in [-0.2, 0) is 26.1 Å². The molecule has 4 aromatic carbocycles. The SMILES string of the molecule is COS(=O)(=O)CCNC(=O)c1ccc(CC(c2ccc(C(C)(C)C)cc2)c2cc(-c3cccc(-c4ccc(C(=O)N(C)C)cc4)c3)on2)cc1. The van der Waals surface area contributed by atoms with E-state index in [4.69, 9.17) is 4.52 Å². The quantitative estimate of drug-likeness (QED) is 0.139. The van der Waals surface area contributed by atoms with Gasteiger partial charge in [0.25, 0.3) is 21.9 Å². The van der Waals surface area contributed by atoms with Crippen LogP contribution in [0, 0.1) is 0 Å². The molecule has 0 aliphatic heterocycles. The van der Waals surface area contributed by atoms with E-state index in [1.54, 1.807) is 31.1 Å². The molecule has 0 saturated carbocycles. The third-order valence-corrected chi connectivity index (χ3v) is 9.84. The zero-order valence-electron chi connectivity index (χ0n) is 29.3. The summed E-state index contributed by atoms with van der Waals surface area (Å²) >= 11 is 0. The van der Waals surface area contributed by atoms with Crippen LogP contribution < -0.4 is 5.32 Å². The highest BCUT2D eigenvalue weighted by Gasteiger charge is 2.22. The first kappa shape index (κ1) is 36.2. The number of nitrogens with one attached hydrogen (secondary N) is 1. The van der Waals surface area contributed by atoms with Crippen molar-refractivity contribution in [2.24, 2.45) is 0 Å². The first-order valence-corrected chi connectivity index (χ1v) is 18.0. The fourth-order valence-corrected chi connectivity index (χ4v) is 6.13. The van der Waals surface area contributed by atoms with E-state index in [-0.39, 0.29) is 35.4 Å². The van der Waals surface area contributed by atoms with Gasteiger partial charge in [0.15, 0.2) is 5.76 Å². The largest absolute Gasteiger partial charge is 0.356 e. The molecule has 10 heteroatoms. The summed E-state index contributed by atoms with van der Waals surface area (Å²) in [6.07, 6.45) is 0.604. The Labute approximate surface area is 294 Å². The highest BCUT2D eigenvalue weighted by molar-refractivity contribution is 7.86. The predicted molar refractivity (Wildman–Crippen MR) is 196 cm³/mol. The van der Waals surface area contributed by atoms with Gasteiger partial charge in [0.05, 0.1) is 18.6 Å². The smallest absolute Gasteiger partial charge is 0.268 e. The molecule has 0 fully saturated rings. The Morgan fingerprint density at radius 3 is 2.10 bits per heavy atom. The van der Waals surface area contributed by atoms with Crippen molar-refractivity contribution in [3.05, 3.63) is 137 Å². The molecule has 260 valence electrons. The van der Waals surface area contributed by atoms with E-state index in [9.17, 15) is 18.0 Å². The molecule has 2 amide bonds. The van der Waals surface area contributed by atoms with Crippen LogP contribution in [0.3, 0.4) is 0 Å². The Hall–Kier alpha value is -5.06. The van der Waals surface area contributed by atoms with Gasteiger partial charge in [0.2, 0.25) is 0 Å². The van der Waals surface area contributed by atoms with Crippen LogP contribution in [0.1, 0.15) is 69.8 Å². The van der Waals surface area contributed by atoms with E-state index in [1.165, 1.54) is 5.56 Å². The molecule has 0 aliphatic carbocycles. The second kappa shape index (κ2) is 15.2. The molecule has 1 unspecified atom stereocenters. The lowest BCUT2D eigenvalue weighted by Crippen LogP contribution is -2.29. The van der Waals surface area contributed by atoms with Crippen molar-refractivity contribution in [1.29, 1.82) is 0 Å². The van der Waals surface area contributed by atoms with Crippen LogP contribution in [0.5, 0.6) is 0 Å². The first-order chi connectivity index (χ1) is 23.7. The van der Waals surface area contributed by atoms with E-state index in [0.29, 0.717) is 23.3 Å². The summed E-state index contributed by atoms with van der Waals surface area (Å²) in [6, 6.07) is 33.4. The topological polar surface area (TPSA) is 119 Å². The van der Waals surface area contributed by atoms with Crippen molar-refractivity contribution >= 4 is 21.9 Å². The fraction of sp³-hybridized carbons (Fsp3) is 0.275. The number of nitrogens with zero attached hydrogens (tertiary/aromatic N) is 2. The molecular weight excluding hydrogens is 651 g/mol. The highest BCUT2D eigenvalue weighted by atomic mass is 32.2. The van der Waals surface area contributed by atoms with Gasteiger partial charge in [-0.2, -0.15) is 8.42 Å². The molecule has 5 rings (SSSR count). The van der Waals surface area contributed by atoms with Gasteiger partial charge in [-0.1, -0.05) is 92.7 Å². The molecule has 1 atom stereocenters. The number of amides is 2. The van der Waals surface area contributed by atoms with Crippen LogP contribution in [0.2, 0.25) is 0 Å². The average Bonchev–Trinajstić information content (AvgIpc) is 3.60. The molecule has 1 N–H and O–H groups in total. The maximum Gasteiger partial charge on any atom is 0.268 e. The van der Waals surface area contributed by atoms with Gasteiger partial charge in [0, 0.05) is 49.3 Å². The highest BCUT2D eigenvalue weighted by Crippen LogP contribution is 2.34. The normalized spacial score (nSPS) is 12.4. The minimum Gasteiger partial charge on any atom is -0.356 e. The molecule has 0 bridgehead atoms. The number of carbonyl (C=O) groups excluding carboxylic acids is 2. The van der Waals surface area contributed by atoms with Gasteiger partial charge in [-0.15, -0.1) is 0 Å². The van der Waals surface area contributed by atoms with E-state index < -0.39 is 10.1 Å². The van der Waals surface area contributed by atoms with Crippen LogP contribution in [0.15, 0.2) is 108 Å². The second-order valence-electron chi connectivity index (χ2n) is 13.5. The number of aromatic nitrogens is 1. The standard InChI is InChI=1S/C40H43N3O6S/c1-40(2,3)34-20-18-29(19-21-34)35(24-27-10-12-30(13-11-27)38(44)41-22-23-50(46,47)48-6)36-26-37(49-42-36)33-9-7-8-32(25-33)28-14-16-31(17-15-28)39(45)43(4)5/h7-21,25-26,35H,22-24H2,1-6H3,(H,41,44). The third kappa shape index (κ3) is 8.94. The van der Waals surface area contributed by atoms with E-state index >= 15 is 0 Å². The average molecular weight is 694 g/mol. The fourth-order valence-electron chi connectivity index (χ4n) is 5.62. The van der Waals surface area contributed by atoms with E-state index in [2.05, 4.69) is 65.8 Å². The van der Waals surface area contributed by atoms with Crippen LogP contribution in [-0.4, -0.2) is 63.8 Å². The number of hydrogen-bond donors (Lipinski definition) is 1. The minimum absolute atomic E-state index is 0.00641. The monoisotopic (exact) mass is 693 g/mol. The van der Waals surface area contributed by atoms with Crippen molar-refractivity contribution in [3.8, 4) is 22.5 Å². The number of hydrogen-bond acceptors (Lipinski definition) is 7. The van der Waals surface area contributed by atoms with Crippen LogP contribution in [0.4, 0.5) is 0 Å². The summed E-state index contributed by atoms with van der Waals surface area (Å²) in [5.41, 5.74) is 8.00. The van der Waals surface area contributed by atoms with Gasteiger partial charge in [-0.05, 0) is 70.0 Å². The van der Waals surface area contributed by atoms with Crippen LogP contribution >= 0.6 is 0 Å².